The van der Waals surface area contributed by atoms with Crippen molar-refractivity contribution in [3.8, 4) is 11.5 Å². The van der Waals surface area contributed by atoms with Crippen molar-refractivity contribution >= 4 is 58.6 Å². The van der Waals surface area contributed by atoms with Crippen LogP contribution in [0.3, 0.4) is 0 Å². The molecule has 6 fully saturated rings. The molecule has 0 radical (unpaired) electrons. The van der Waals surface area contributed by atoms with Crippen LogP contribution in [0.4, 0.5) is 13.2 Å². The molecule has 6 aromatic rings. The van der Waals surface area contributed by atoms with Gasteiger partial charge in [0.1, 0.15) is 39.8 Å². The Balaban J connectivity index is 0.000000172. The topological polar surface area (TPSA) is 306 Å². The van der Waals surface area contributed by atoms with Crippen molar-refractivity contribution in [2.24, 2.45) is 5.73 Å². The van der Waals surface area contributed by atoms with Crippen LogP contribution in [-0.4, -0.2) is 159 Å². The molecule has 15 rings (SSSR count). The van der Waals surface area contributed by atoms with Gasteiger partial charge in [0.2, 0.25) is 10.9 Å². The number of halogens is 5. The molecule has 3 aromatic heterocycles. The number of hydrogen-bond donors (Lipinski definition) is 5. The molecule has 3 saturated heterocycles. The molecule has 9 heterocycles. The van der Waals surface area contributed by atoms with E-state index in [1.807, 2.05) is 0 Å². The number of benzene rings is 3. The van der Waals surface area contributed by atoms with Crippen molar-refractivity contribution in [1.29, 1.82) is 0 Å². The number of amides is 5. The van der Waals surface area contributed by atoms with Gasteiger partial charge in [0, 0.05) is 78.6 Å². The van der Waals surface area contributed by atoms with Gasteiger partial charge in [-0.05, 0) is 82.4 Å². The van der Waals surface area contributed by atoms with E-state index in [-0.39, 0.29) is 196 Å². The summed E-state index contributed by atoms with van der Waals surface area (Å²) in [5.74, 6) is -5.75. The minimum absolute atomic E-state index is 0. The van der Waals surface area contributed by atoms with E-state index in [0.29, 0.717) is 36.3 Å². The predicted octanol–water partition coefficient (Wildman–Crippen LogP) is -0.595. The molecule has 0 spiro atoms. The number of pyridine rings is 3. The normalized spacial score (nSPS) is 22.8. The summed E-state index contributed by atoms with van der Waals surface area (Å²) in [6.07, 6.45) is 11.1. The average molecular weight is 1480 g/mol. The number of nitrogens with one attached hydrogen (secondary N) is 2. The van der Waals surface area contributed by atoms with E-state index in [9.17, 15) is 66.5 Å². The van der Waals surface area contributed by atoms with E-state index >= 15 is 0 Å². The molecule has 6 N–H and O–H groups in total. The van der Waals surface area contributed by atoms with Gasteiger partial charge in [-0.1, -0.05) is 68.9 Å². The molecule has 6 bridgehead atoms. The molecule has 97 heavy (non-hydrogen) atoms. The molecule has 3 saturated carbocycles. The molecule has 9 atom stereocenters. The summed E-state index contributed by atoms with van der Waals surface area (Å²) in [5.41, 5.74) is 4.04. The van der Waals surface area contributed by atoms with E-state index in [2.05, 4.69) is 10.6 Å². The van der Waals surface area contributed by atoms with E-state index in [0.717, 1.165) is 57.8 Å². The van der Waals surface area contributed by atoms with Gasteiger partial charge in [-0.15, -0.1) is 0 Å². The summed E-state index contributed by atoms with van der Waals surface area (Å²) in [4.78, 5) is 119. The number of aromatic carboxylic acids is 1. The van der Waals surface area contributed by atoms with Crippen LogP contribution in [0.2, 0.25) is 0 Å². The van der Waals surface area contributed by atoms with Crippen LogP contribution in [0.15, 0.2) is 106 Å². The summed E-state index contributed by atoms with van der Waals surface area (Å²) < 4.78 is 68.0. The molecular formula is C67H72Br2F3MgN9O15. The van der Waals surface area contributed by atoms with E-state index in [4.69, 9.17) is 24.7 Å². The minimum Gasteiger partial charge on any atom is -1.00 e. The molecule has 0 unspecified atom stereocenters. The molecular weight excluding hydrogens is 1410 g/mol. The summed E-state index contributed by atoms with van der Waals surface area (Å²) in [7, 11) is 1.30. The number of hydrogen-bond acceptors (Lipinski definition) is 15. The fourth-order valence-electron chi connectivity index (χ4n) is 14.2. The first-order valence-electron chi connectivity index (χ1n) is 31.0. The van der Waals surface area contributed by atoms with Crippen LogP contribution >= 0.6 is 0 Å². The zero-order valence-corrected chi connectivity index (χ0v) is 56.8. The number of carboxylic acids is 1. The second kappa shape index (κ2) is 31.4. The first-order valence-corrected chi connectivity index (χ1v) is 31.0. The third-order valence-electron chi connectivity index (χ3n) is 18.7. The summed E-state index contributed by atoms with van der Waals surface area (Å²) >= 11 is 0. The molecule has 24 nitrogen and oxygen atoms in total. The van der Waals surface area contributed by atoms with Gasteiger partial charge in [-0.2, -0.15) is 0 Å². The summed E-state index contributed by atoms with van der Waals surface area (Å²) in [6, 6.07) is 18.8. The van der Waals surface area contributed by atoms with Gasteiger partial charge in [0.05, 0.1) is 45.1 Å². The standard InChI is InChI=1S/C22H22FN3O5.C21H20FN3O5.C16H18N2O5.C7H8FN.CH4.2BrH.Mg/c1-30-20-18-22(29)26-13-6-7-14(8-13)31-17(26)11-25(18)10-15(19(20)27)21(28)24-9-12-4-2-3-5-16(12)23;22-15-4-2-1-3-11(15)8-23-20(28)14-9-24-10-16-25(12-5-6-13(7-12)30-16)21(29)17(24)19(27)18(14)26;1-2-10-13-15(20)18-8-3-4-9(5-8)23-12(18)7-17(13)6-11(14(10)19)16(21)22;8-7-4-2-1-3-6(7)5-9;;;;/h2-5,10,13-14,17H,6-9,11H2,1H3,(H,24,28);1-4,9,12-13,16,27H,5-8,10H2,(H,23,28);6,8-9,12H,2-5,7H2,1H3,(H,21,22);1-4H,5,9H2;1H4;2*1H;/q;;;;;;;+2/p-2/t13-,14+,17+;12-,13+,16+;8-,9+,12+;;;;;/m111...../s1. The molecule has 3 aliphatic carbocycles. The average Bonchev–Trinajstić information content (AvgIpc) is 1.71. The van der Waals surface area contributed by atoms with Gasteiger partial charge in [-0.3, -0.25) is 38.4 Å². The monoisotopic (exact) mass is 1480 g/mol. The number of nitrogens with zero attached hydrogens (tertiary/aromatic N) is 6. The maximum absolute atomic E-state index is 13.8. The van der Waals surface area contributed by atoms with Crippen LogP contribution in [0, 0.1) is 17.5 Å². The number of ether oxygens (including phenoxy) is 4. The maximum atomic E-state index is 13.8. The number of aromatic nitrogens is 3. The Morgan fingerprint density at radius 3 is 1.32 bits per heavy atom. The quantitative estimate of drug-likeness (QED) is 0.107. The van der Waals surface area contributed by atoms with Crippen LogP contribution in [0.5, 0.6) is 11.5 Å². The molecule has 30 heteroatoms. The number of nitrogens with two attached hydrogens (primary N) is 1. The van der Waals surface area contributed by atoms with Crippen molar-refractivity contribution in [2.45, 2.75) is 173 Å². The van der Waals surface area contributed by atoms with Crippen molar-refractivity contribution in [2.75, 3.05) is 7.11 Å². The summed E-state index contributed by atoms with van der Waals surface area (Å²) in [6.45, 7) is 2.75. The van der Waals surface area contributed by atoms with E-state index < -0.39 is 69.8 Å². The van der Waals surface area contributed by atoms with Gasteiger partial charge in [-0.25, -0.2) is 18.0 Å². The maximum Gasteiger partial charge on any atom is 2.00 e. The Bertz CT molecular complexity index is 4220. The number of methoxy groups -OCH3 is 1. The Hall–Kier alpha value is -7.71. The number of fused-ring (bicyclic) bond motifs is 15. The second-order valence-electron chi connectivity index (χ2n) is 24.2. The molecule has 3 aromatic carbocycles. The minimum atomic E-state index is -1.26. The fourth-order valence-corrected chi connectivity index (χ4v) is 14.2. The van der Waals surface area contributed by atoms with Gasteiger partial charge in [0.15, 0.2) is 47.0 Å². The van der Waals surface area contributed by atoms with E-state index in [1.54, 1.807) is 73.2 Å². The first-order chi connectivity index (χ1) is 44.8. The third kappa shape index (κ3) is 14.6. The van der Waals surface area contributed by atoms with Crippen molar-refractivity contribution in [3.63, 3.8) is 0 Å². The van der Waals surface area contributed by atoms with Crippen LogP contribution in [0.25, 0.3) is 0 Å². The van der Waals surface area contributed by atoms with Crippen LogP contribution in [0.1, 0.15) is 157 Å². The van der Waals surface area contributed by atoms with Gasteiger partial charge < -0.3 is 108 Å². The number of carbonyl (C=O) groups is 6. The van der Waals surface area contributed by atoms with Crippen molar-refractivity contribution < 1.29 is 105 Å². The number of carboxylic acid groups (broad SMARTS) is 1. The van der Waals surface area contributed by atoms with Crippen LogP contribution < -0.4 is 71.4 Å². The number of aromatic hydroxyl groups is 1. The smallest absolute Gasteiger partial charge is 1.00 e. The Morgan fingerprint density at radius 2 is 0.928 bits per heavy atom. The Labute approximate surface area is 591 Å². The second-order valence-corrected chi connectivity index (χ2v) is 24.2. The zero-order chi connectivity index (χ0) is 65.7. The van der Waals surface area contributed by atoms with Gasteiger partial charge >= 0.3 is 29.0 Å². The SMILES string of the molecule is C.CCc1c2n(cc(C(=O)O)c1=O)C[C@@H]1O[C@H]3CC[C@H](C3)N1C2=O.COc1c2n(cc(C(=O)NCc3ccccc3F)c1=O)C[C@@H]1O[C@H]3CC[C@H](C3)N1C2=O.NCc1ccccc1F.O=C(NCc1ccccc1F)c1cn2c(c(O)c1=O)C(=O)N1[C@@H]3CC[C@@H](C3)O[C@H]1C2.[Br-].[Br-].[Mg+2]. The molecule has 512 valence electrons. The molecule has 5 amide bonds. The van der Waals surface area contributed by atoms with E-state index in [1.165, 1.54) is 60.6 Å². The fraction of sp³-hybridized carbons (Fsp3) is 0.418. The summed E-state index contributed by atoms with van der Waals surface area (Å²) in [5, 5.41) is 24.8. The number of rotatable bonds is 10. The van der Waals surface area contributed by atoms with Crippen molar-refractivity contribution in [3.05, 3.63) is 196 Å². The largest absolute Gasteiger partial charge is 2.00 e. The predicted molar refractivity (Wildman–Crippen MR) is 336 cm³/mol. The first kappa shape index (κ1) is 75.1. The molecule has 6 aliphatic heterocycles. The van der Waals surface area contributed by atoms with Crippen LogP contribution in [-0.2, 0) is 59.9 Å². The number of carbonyl (C=O) groups excluding carboxylic acids is 5. The Morgan fingerprint density at radius 1 is 0.557 bits per heavy atom. The molecule has 9 aliphatic rings. The van der Waals surface area contributed by atoms with Crippen molar-refractivity contribution in [1.82, 2.24) is 39.0 Å². The Kier molecular flexibility index (Phi) is 24.3. The van der Waals surface area contributed by atoms with Gasteiger partial charge in [0.25, 0.3) is 29.5 Å². The zero-order valence-electron chi connectivity index (χ0n) is 52.2. The third-order valence-corrected chi connectivity index (χ3v) is 18.7.